The summed E-state index contributed by atoms with van der Waals surface area (Å²) in [7, 11) is 0. The van der Waals surface area contributed by atoms with Gasteiger partial charge in [0, 0.05) is 28.7 Å². The molecule has 0 saturated heterocycles. The third-order valence-electron chi connectivity index (χ3n) is 5.75. The van der Waals surface area contributed by atoms with Gasteiger partial charge in [0.15, 0.2) is 5.71 Å². The molecule has 4 aromatic rings. The Morgan fingerprint density at radius 3 is 2.56 bits per heavy atom. The van der Waals surface area contributed by atoms with Crippen molar-refractivity contribution in [3.05, 3.63) is 100 Å². The Balaban J connectivity index is 1.52. The zero-order valence-electron chi connectivity index (χ0n) is 20.0. The maximum absolute atomic E-state index is 13.6. The van der Waals surface area contributed by atoms with Crippen LogP contribution in [0.3, 0.4) is 0 Å². The number of para-hydroxylation sites is 1. The lowest BCUT2D eigenvalue weighted by atomic mass is 10.1. The highest BCUT2D eigenvalue weighted by molar-refractivity contribution is 7.07. The van der Waals surface area contributed by atoms with Crippen LogP contribution in [0.25, 0.3) is 11.3 Å². The number of nitrogens with one attached hydrogen (secondary N) is 1. The smallest absolute Gasteiger partial charge is 0.279 e. The summed E-state index contributed by atoms with van der Waals surface area (Å²) >= 11 is 1.48. The molecule has 2 amide bonds. The number of thiazole rings is 1. The van der Waals surface area contributed by atoms with Crippen molar-refractivity contribution in [3.63, 3.8) is 0 Å². The Morgan fingerprint density at radius 2 is 1.78 bits per heavy atom. The van der Waals surface area contributed by atoms with Gasteiger partial charge in [0.2, 0.25) is 10.7 Å². The van der Waals surface area contributed by atoms with Gasteiger partial charge in [0.25, 0.3) is 5.91 Å². The summed E-state index contributed by atoms with van der Waals surface area (Å²) in [6.45, 7) is 4.40. The molecule has 1 N–H and O–H groups in total. The van der Waals surface area contributed by atoms with Crippen LogP contribution in [-0.2, 0) is 9.59 Å². The van der Waals surface area contributed by atoms with Gasteiger partial charge in [-0.2, -0.15) is 5.10 Å². The van der Waals surface area contributed by atoms with Crippen LogP contribution in [0.2, 0.25) is 0 Å². The van der Waals surface area contributed by atoms with Crippen LogP contribution >= 0.6 is 11.3 Å². The number of anilines is 2. The first kappa shape index (κ1) is 23.4. The average molecular weight is 496 g/mol. The second-order valence-electron chi connectivity index (χ2n) is 8.33. The number of hydrogen-bond donors (Lipinski definition) is 1. The maximum atomic E-state index is 13.6. The van der Waals surface area contributed by atoms with Gasteiger partial charge in [-0.25, -0.2) is 4.68 Å². The number of benzene rings is 3. The number of rotatable bonds is 6. The molecule has 0 bridgehead atoms. The summed E-state index contributed by atoms with van der Waals surface area (Å²) in [6.07, 6.45) is 0. The molecule has 0 radical (unpaired) electrons. The van der Waals surface area contributed by atoms with Crippen molar-refractivity contribution < 1.29 is 9.59 Å². The molecule has 7 nitrogen and oxygen atoms in total. The van der Waals surface area contributed by atoms with Crippen molar-refractivity contribution in [2.75, 3.05) is 23.3 Å². The van der Waals surface area contributed by atoms with Crippen molar-refractivity contribution in [2.45, 2.75) is 13.8 Å². The Bertz CT molecular complexity index is 1530. The van der Waals surface area contributed by atoms with E-state index in [1.807, 2.05) is 98.1 Å². The van der Waals surface area contributed by atoms with E-state index in [1.165, 1.54) is 16.2 Å². The Hall–Kier alpha value is -4.30. The summed E-state index contributed by atoms with van der Waals surface area (Å²) in [6, 6.07) is 24.9. The minimum Gasteiger partial charge on any atom is -0.325 e. The standard InChI is InChI=1S/C28H25N5O2S/c1-3-29-28-33(24(18-36-28)20-11-5-4-6-12-20)31-26-22-14-7-8-15-23(22)32(27(26)35)17-25(34)30-21-13-9-10-19(2)16-21/h4-16,18H,3,17H2,1-2H3,(H,30,34)/b29-28?,31-26+. The summed E-state index contributed by atoms with van der Waals surface area (Å²) in [5.41, 5.74) is 5.19. The van der Waals surface area contributed by atoms with Crippen molar-refractivity contribution in [3.8, 4) is 11.3 Å². The molecule has 5 rings (SSSR count). The molecule has 0 fully saturated rings. The second kappa shape index (κ2) is 10.1. The summed E-state index contributed by atoms with van der Waals surface area (Å²) in [5, 5.41) is 9.69. The third kappa shape index (κ3) is 4.63. The van der Waals surface area contributed by atoms with Gasteiger partial charge in [-0.3, -0.25) is 19.5 Å². The van der Waals surface area contributed by atoms with Crippen LogP contribution in [0.15, 0.2) is 94.3 Å². The lowest BCUT2D eigenvalue weighted by Gasteiger charge is -2.16. The van der Waals surface area contributed by atoms with Crippen molar-refractivity contribution >= 4 is 40.2 Å². The quantitative estimate of drug-likeness (QED) is 0.421. The van der Waals surface area contributed by atoms with Crippen LogP contribution < -0.4 is 15.0 Å². The molecule has 0 unspecified atom stereocenters. The van der Waals surface area contributed by atoms with E-state index in [2.05, 4.69) is 10.3 Å². The molecule has 0 atom stereocenters. The molecule has 36 heavy (non-hydrogen) atoms. The number of nitrogens with zero attached hydrogens (tertiary/aromatic N) is 4. The Kier molecular flexibility index (Phi) is 6.60. The van der Waals surface area contributed by atoms with E-state index in [0.717, 1.165) is 16.8 Å². The number of hydrogen-bond acceptors (Lipinski definition) is 5. The van der Waals surface area contributed by atoms with Gasteiger partial charge in [-0.1, -0.05) is 60.7 Å². The summed E-state index contributed by atoms with van der Waals surface area (Å²) in [4.78, 5) is 33.3. The maximum Gasteiger partial charge on any atom is 0.279 e. The predicted molar refractivity (Wildman–Crippen MR) is 144 cm³/mol. The van der Waals surface area contributed by atoms with Crippen molar-refractivity contribution in [1.29, 1.82) is 0 Å². The van der Waals surface area contributed by atoms with E-state index < -0.39 is 0 Å². The molecular formula is C28H25N5O2S. The van der Waals surface area contributed by atoms with Crippen molar-refractivity contribution in [1.82, 2.24) is 4.68 Å². The summed E-state index contributed by atoms with van der Waals surface area (Å²) in [5.74, 6) is -0.601. The van der Waals surface area contributed by atoms with Gasteiger partial charge in [0.1, 0.15) is 6.54 Å². The fourth-order valence-electron chi connectivity index (χ4n) is 4.13. The monoisotopic (exact) mass is 495 g/mol. The molecule has 3 aromatic carbocycles. The topological polar surface area (TPSA) is 79.1 Å². The number of aromatic nitrogens is 1. The molecule has 8 heteroatoms. The SMILES string of the molecule is CCN=c1scc(-c2ccccc2)n1/N=C1/C(=O)N(CC(=O)Nc2cccc(C)c2)c2ccccc21. The third-order valence-corrected chi connectivity index (χ3v) is 6.60. The van der Waals surface area contributed by atoms with E-state index in [0.29, 0.717) is 28.3 Å². The zero-order valence-corrected chi connectivity index (χ0v) is 20.8. The molecule has 0 saturated carbocycles. The minimum absolute atomic E-state index is 0.116. The molecule has 1 aliphatic heterocycles. The highest BCUT2D eigenvalue weighted by Crippen LogP contribution is 2.30. The lowest BCUT2D eigenvalue weighted by Crippen LogP contribution is -2.37. The lowest BCUT2D eigenvalue weighted by molar-refractivity contribution is -0.118. The molecule has 180 valence electrons. The van der Waals surface area contributed by atoms with E-state index in [-0.39, 0.29) is 24.1 Å². The van der Waals surface area contributed by atoms with Crippen LogP contribution in [0.1, 0.15) is 18.1 Å². The number of carbonyl (C=O) groups is 2. The number of aryl methyl sites for hydroxylation is 1. The molecule has 1 aromatic heterocycles. The first-order valence-electron chi connectivity index (χ1n) is 11.7. The van der Waals surface area contributed by atoms with Gasteiger partial charge in [0.05, 0.1) is 11.4 Å². The second-order valence-corrected chi connectivity index (χ2v) is 9.17. The first-order valence-corrected chi connectivity index (χ1v) is 12.6. The molecule has 1 aliphatic rings. The molecule has 2 heterocycles. The Morgan fingerprint density at radius 1 is 1.00 bits per heavy atom. The fourth-order valence-corrected chi connectivity index (χ4v) is 5.02. The summed E-state index contributed by atoms with van der Waals surface area (Å²) < 4.78 is 1.73. The van der Waals surface area contributed by atoms with Gasteiger partial charge in [-0.15, -0.1) is 11.3 Å². The van der Waals surface area contributed by atoms with E-state index in [9.17, 15) is 9.59 Å². The highest BCUT2D eigenvalue weighted by atomic mass is 32.1. The Labute approximate surface area is 213 Å². The molecule has 0 spiro atoms. The van der Waals surface area contributed by atoms with Crippen LogP contribution in [0.5, 0.6) is 0 Å². The van der Waals surface area contributed by atoms with Crippen LogP contribution in [-0.4, -0.2) is 35.3 Å². The largest absolute Gasteiger partial charge is 0.325 e. The predicted octanol–water partition coefficient (Wildman–Crippen LogP) is 4.68. The highest BCUT2D eigenvalue weighted by Gasteiger charge is 2.35. The van der Waals surface area contributed by atoms with Gasteiger partial charge < -0.3 is 5.32 Å². The van der Waals surface area contributed by atoms with Gasteiger partial charge in [-0.05, 0) is 37.6 Å². The van der Waals surface area contributed by atoms with Crippen LogP contribution in [0.4, 0.5) is 11.4 Å². The van der Waals surface area contributed by atoms with Crippen LogP contribution in [0, 0.1) is 6.92 Å². The zero-order chi connectivity index (χ0) is 25.1. The van der Waals surface area contributed by atoms with E-state index >= 15 is 0 Å². The van der Waals surface area contributed by atoms with Crippen molar-refractivity contribution in [2.24, 2.45) is 10.1 Å². The minimum atomic E-state index is -0.323. The normalized spacial score (nSPS) is 14.4. The average Bonchev–Trinajstić information content (AvgIpc) is 3.39. The van der Waals surface area contributed by atoms with E-state index in [4.69, 9.17) is 5.10 Å². The van der Waals surface area contributed by atoms with E-state index in [1.54, 1.807) is 4.68 Å². The first-order chi connectivity index (χ1) is 17.5. The number of carbonyl (C=O) groups excluding carboxylic acids is 2. The molecular weight excluding hydrogens is 470 g/mol. The number of amides is 2. The fraction of sp³-hybridized carbons (Fsp3) is 0.143. The van der Waals surface area contributed by atoms with Gasteiger partial charge >= 0.3 is 0 Å². The number of fused-ring (bicyclic) bond motifs is 1. The molecule has 0 aliphatic carbocycles.